The summed E-state index contributed by atoms with van der Waals surface area (Å²) >= 11 is 0. The topological polar surface area (TPSA) is 53.1 Å². The maximum absolute atomic E-state index is 12.0. The third kappa shape index (κ3) is 3.95. The first-order valence-electron chi connectivity index (χ1n) is 6.77. The maximum atomic E-state index is 12.0. The van der Waals surface area contributed by atoms with Crippen LogP contribution in [0.25, 0.3) is 11.0 Å². The summed E-state index contributed by atoms with van der Waals surface area (Å²) in [6.07, 6.45) is -3.95. The van der Waals surface area contributed by atoms with E-state index in [2.05, 4.69) is 9.72 Å². The molecule has 0 saturated carbocycles. The fraction of sp³-hybridized carbons (Fsp3) is 0.500. The van der Waals surface area contributed by atoms with Gasteiger partial charge in [0.05, 0.1) is 17.6 Å². The van der Waals surface area contributed by atoms with Crippen LogP contribution >= 0.6 is 0 Å². The first kappa shape index (κ1) is 15.8. The van der Waals surface area contributed by atoms with Crippen LogP contribution in [0.5, 0.6) is 0 Å². The van der Waals surface area contributed by atoms with Crippen molar-refractivity contribution in [1.82, 2.24) is 9.55 Å². The van der Waals surface area contributed by atoms with E-state index in [0.717, 1.165) is 22.4 Å². The lowest BCUT2D eigenvalue weighted by Gasteiger charge is -2.08. The number of imidazole rings is 1. The molecule has 0 aliphatic carbocycles. The van der Waals surface area contributed by atoms with Gasteiger partial charge in [0, 0.05) is 19.5 Å². The van der Waals surface area contributed by atoms with E-state index in [-0.39, 0.29) is 6.61 Å². The van der Waals surface area contributed by atoms with Crippen LogP contribution in [0.15, 0.2) is 18.2 Å². The van der Waals surface area contributed by atoms with Gasteiger partial charge in [0.25, 0.3) is 0 Å². The van der Waals surface area contributed by atoms with Crippen LogP contribution < -0.4 is 5.73 Å². The summed E-state index contributed by atoms with van der Waals surface area (Å²) in [5, 5.41) is 0. The zero-order valence-electron chi connectivity index (χ0n) is 11.8. The van der Waals surface area contributed by atoms with Crippen molar-refractivity contribution in [1.29, 1.82) is 0 Å². The van der Waals surface area contributed by atoms with Gasteiger partial charge >= 0.3 is 6.18 Å². The molecule has 0 aliphatic rings. The second kappa shape index (κ2) is 6.44. The number of rotatable bonds is 6. The predicted octanol–water partition coefficient (Wildman–Crippen LogP) is 2.64. The number of hydrogen-bond acceptors (Lipinski definition) is 3. The lowest BCUT2D eigenvalue weighted by molar-refractivity contribution is -0.173. The highest BCUT2D eigenvalue weighted by atomic mass is 19.4. The third-order valence-corrected chi connectivity index (χ3v) is 3.18. The highest BCUT2D eigenvalue weighted by Gasteiger charge is 2.27. The van der Waals surface area contributed by atoms with E-state index in [0.29, 0.717) is 19.5 Å². The second-order valence-corrected chi connectivity index (χ2v) is 4.72. The molecule has 7 heteroatoms. The highest BCUT2D eigenvalue weighted by molar-refractivity contribution is 5.77. The summed E-state index contributed by atoms with van der Waals surface area (Å²) in [5.74, 6) is 0.726. The molecule has 1 heterocycles. The van der Waals surface area contributed by atoms with E-state index in [1.807, 2.05) is 29.7 Å². The third-order valence-electron chi connectivity index (χ3n) is 3.18. The van der Waals surface area contributed by atoms with Gasteiger partial charge in [-0.25, -0.2) is 4.98 Å². The van der Waals surface area contributed by atoms with Crippen LogP contribution in [-0.4, -0.2) is 28.9 Å². The van der Waals surface area contributed by atoms with E-state index in [4.69, 9.17) is 5.73 Å². The Hall–Kier alpha value is -1.60. The molecule has 0 saturated heterocycles. The predicted molar refractivity (Wildman–Crippen MR) is 73.9 cm³/mol. The van der Waals surface area contributed by atoms with E-state index in [1.165, 1.54) is 0 Å². The van der Waals surface area contributed by atoms with Gasteiger partial charge in [-0.05, 0) is 24.6 Å². The van der Waals surface area contributed by atoms with Crippen molar-refractivity contribution in [2.75, 3.05) is 13.2 Å². The molecule has 116 valence electrons. The number of fused-ring (bicyclic) bond motifs is 1. The Balaban J connectivity index is 2.12. The van der Waals surface area contributed by atoms with E-state index < -0.39 is 12.8 Å². The van der Waals surface area contributed by atoms with Crippen molar-refractivity contribution in [2.45, 2.75) is 32.6 Å². The number of aryl methyl sites for hydroxylation is 1. The number of hydrogen-bond donors (Lipinski definition) is 1. The molecule has 4 nitrogen and oxygen atoms in total. The van der Waals surface area contributed by atoms with Crippen molar-refractivity contribution < 1.29 is 17.9 Å². The van der Waals surface area contributed by atoms with Crippen molar-refractivity contribution in [3.63, 3.8) is 0 Å². The Morgan fingerprint density at radius 1 is 1.33 bits per heavy atom. The smallest absolute Gasteiger partial charge is 0.372 e. The molecule has 0 fully saturated rings. The number of ether oxygens (including phenoxy) is 1. The van der Waals surface area contributed by atoms with Crippen LogP contribution in [0.3, 0.4) is 0 Å². The molecule has 0 atom stereocenters. The van der Waals surface area contributed by atoms with Crippen molar-refractivity contribution in [2.24, 2.45) is 5.73 Å². The van der Waals surface area contributed by atoms with Gasteiger partial charge in [0.1, 0.15) is 12.4 Å². The van der Waals surface area contributed by atoms with Gasteiger partial charge in [0.15, 0.2) is 0 Å². The SMILES string of the molecule is CCn1c(CCOCC(F)(F)F)nc2cc(CN)ccc21. The zero-order valence-corrected chi connectivity index (χ0v) is 11.8. The quantitative estimate of drug-likeness (QED) is 0.835. The standard InChI is InChI=1S/C14H18F3N3O/c1-2-20-12-4-3-10(8-18)7-11(12)19-13(20)5-6-21-9-14(15,16)17/h3-4,7H,2,5-6,8-9,18H2,1H3. The molecule has 0 amide bonds. The molecule has 21 heavy (non-hydrogen) atoms. The summed E-state index contributed by atoms with van der Waals surface area (Å²) in [6, 6.07) is 5.77. The average Bonchev–Trinajstić information content (AvgIpc) is 2.78. The number of aromatic nitrogens is 2. The number of nitrogens with two attached hydrogens (primary N) is 1. The molecular weight excluding hydrogens is 283 g/mol. The highest BCUT2D eigenvalue weighted by Crippen LogP contribution is 2.19. The van der Waals surface area contributed by atoms with Gasteiger partial charge in [-0.1, -0.05) is 6.07 Å². The minimum absolute atomic E-state index is 0.00736. The number of nitrogens with zero attached hydrogens (tertiary/aromatic N) is 2. The lowest BCUT2D eigenvalue weighted by atomic mass is 10.2. The van der Waals surface area contributed by atoms with E-state index in [1.54, 1.807) is 0 Å². The molecule has 0 unspecified atom stereocenters. The van der Waals surface area contributed by atoms with Crippen LogP contribution in [0.4, 0.5) is 13.2 Å². The van der Waals surface area contributed by atoms with Crippen molar-refractivity contribution in [3.8, 4) is 0 Å². The largest absolute Gasteiger partial charge is 0.411 e. The molecule has 0 radical (unpaired) electrons. The average molecular weight is 301 g/mol. The molecule has 1 aromatic carbocycles. The monoisotopic (exact) mass is 301 g/mol. The zero-order chi connectivity index (χ0) is 15.5. The Labute approximate surface area is 120 Å². The van der Waals surface area contributed by atoms with Crippen LogP contribution in [0, 0.1) is 0 Å². The van der Waals surface area contributed by atoms with E-state index in [9.17, 15) is 13.2 Å². The number of benzene rings is 1. The van der Waals surface area contributed by atoms with Crippen LogP contribution in [-0.2, 0) is 24.2 Å². The Morgan fingerprint density at radius 3 is 2.71 bits per heavy atom. The molecule has 0 aliphatic heterocycles. The van der Waals surface area contributed by atoms with Gasteiger partial charge in [-0.2, -0.15) is 13.2 Å². The van der Waals surface area contributed by atoms with Gasteiger partial charge in [-0.3, -0.25) is 0 Å². The first-order valence-corrected chi connectivity index (χ1v) is 6.77. The molecular formula is C14H18F3N3O. The Bertz CT molecular complexity index is 607. The summed E-state index contributed by atoms with van der Waals surface area (Å²) in [5.41, 5.74) is 8.34. The molecule has 2 N–H and O–H groups in total. The number of alkyl halides is 3. The van der Waals surface area contributed by atoms with Gasteiger partial charge < -0.3 is 15.0 Å². The lowest BCUT2D eigenvalue weighted by Crippen LogP contribution is -2.18. The van der Waals surface area contributed by atoms with Crippen molar-refractivity contribution in [3.05, 3.63) is 29.6 Å². The fourth-order valence-corrected chi connectivity index (χ4v) is 2.25. The Morgan fingerprint density at radius 2 is 2.10 bits per heavy atom. The molecule has 0 bridgehead atoms. The normalized spacial score (nSPS) is 12.2. The minimum Gasteiger partial charge on any atom is -0.372 e. The molecule has 2 rings (SSSR count). The van der Waals surface area contributed by atoms with Gasteiger partial charge in [-0.15, -0.1) is 0 Å². The summed E-state index contributed by atoms with van der Waals surface area (Å²) < 4.78 is 42.7. The second-order valence-electron chi connectivity index (χ2n) is 4.72. The van der Waals surface area contributed by atoms with Crippen LogP contribution in [0.1, 0.15) is 18.3 Å². The number of halogens is 3. The van der Waals surface area contributed by atoms with Crippen molar-refractivity contribution >= 4 is 11.0 Å². The molecule has 0 spiro atoms. The first-order chi connectivity index (χ1) is 9.94. The minimum atomic E-state index is -4.29. The summed E-state index contributed by atoms with van der Waals surface area (Å²) in [4.78, 5) is 4.47. The maximum Gasteiger partial charge on any atom is 0.411 e. The Kier molecular flexibility index (Phi) is 4.84. The summed E-state index contributed by atoms with van der Waals surface area (Å²) in [7, 11) is 0. The van der Waals surface area contributed by atoms with Crippen LogP contribution in [0.2, 0.25) is 0 Å². The fourth-order valence-electron chi connectivity index (χ4n) is 2.25. The van der Waals surface area contributed by atoms with E-state index >= 15 is 0 Å². The molecule has 2 aromatic rings. The van der Waals surface area contributed by atoms with Gasteiger partial charge in [0.2, 0.25) is 0 Å². The molecule has 1 aromatic heterocycles. The summed E-state index contributed by atoms with van der Waals surface area (Å²) in [6.45, 7) is 1.87.